The van der Waals surface area contributed by atoms with E-state index in [2.05, 4.69) is 12.6 Å². The lowest BCUT2D eigenvalue weighted by atomic mass is 9.85. The summed E-state index contributed by atoms with van der Waals surface area (Å²) in [7, 11) is 1.65. The van der Waals surface area contributed by atoms with Gasteiger partial charge in [-0.05, 0) is 42.3 Å². The number of hydrogen-bond donors (Lipinski definition) is 1. The average molecular weight is 260 g/mol. The van der Waals surface area contributed by atoms with Crippen LogP contribution in [-0.2, 0) is 10.2 Å². The fraction of sp³-hybridized carbons (Fsp3) is 0.267. The van der Waals surface area contributed by atoms with Crippen molar-refractivity contribution >= 4 is 28.5 Å². The molecule has 0 aromatic heterocycles. The molecule has 0 radical (unpaired) electrons. The van der Waals surface area contributed by atoms with Crippen molar-refractivity contribution in [3.8, 4) is 5.75 Å². The number of carbonyl (C=O) groups is 1. The predicted molar refractivity (Wildman–Crippen MR) is 77.5 cm³/mol. The van der Waals surface area contributed by atoms with Crippen molar-refractivity contribution in [2.45, 2.75) is 19.3 Å². The van der Waals surface area contributed by atoms with Gasteiger partial charge in [-0.2, -0.15) is 0 Å². The van der Waals surface area contributed by atoms with E-state index in [1.165, 1.54) is 0 Å². The third-order valence-electron chi connectivity index (χ3n) is 3.30. The van der Waals surface area contributed by atoms with E-state index in [0.717, 1.165) is 22.1 Å². The van der Waals surface area contributed by atoms with Crippen molar-refractivity contribution < 1.29 is 9.53 Å². The molecule has 0 atom stereocenters. The van der Waals surface area contributed by atoms with Gasteiger partial charge < -0.3 is 4.74 Å². The minimum absolute atomic E-state index is 0.129. The number of hydrogen-bond acceptors (Lipinski definition) is 2. The minimum atomic E-state index is -0.572. The van der Waals surface area contributed by atoms with Crippen LogP contribution in [0.3, 0.4) is 0 Å². The fourth-order valence-corrected chi connectivity index (χ4v) is 1.99. The van der Waals surface area contributed by atoms with Gasteiger partial charge in [-0.25, -0.2) is 0 Å². The summed E-state index contributed by atoms with van der Waals surface area (Å²) >= 11 is 3.96. The SMILES string of the molecule is COc1ccc2cc(C(C)(C)C(=O)S)ccc2c1. The van der Waals surface area contributed by atoms with Crippen LogP contribution in [0.25, 0.3) is 10.8 Å². The minimum Gasteiger partial charge on any atom is -0.497 e. The molecule has 0 saturated carbocycles. The summed E-state index contributed by atoms with van der Waals surface area (Å²) in [6.07, 6.45) is 0. The monoisotopic (exact) mass is 260 g/mol. The molecule has 18 heavy (non-hydrogen) atoms. The number of thiol groups is 1. The number of fused-ring (bicyclic) bond motifs is 1. The van der Waals surface area contributed by atoms with E-state index in [4.69, 9.17) is 4.74 Å². The highest BCUT2D eigenvalue weighted by atomic mass is 32.1. The van der Waals surface area contributed by atoms with E-state index in [0.29, 0.717) is 0 Å². The first kappa shape index (κ1) is 13.0. The van der Waals surface area contributed by atoms with E-state index in [1.54, 1.807) is 7.11 Å². The van der Waals surface area contributed by atoms with Gasteiger partial charge in [0.25, 0.3) is 0 Å². The van der Waals surface area contributed by atoms with Gasteiger partial charge in [0.1, 0.15) is 5.75 Å². The van der Waals surface area contributed by atoms with Crippen LogP contribution in [0.15, 0.2) is 36.4 Å². The molecule has 3 heteroatoms. The van der Waals surface area contributed by atoms with Crippen LogP contribution < -0.4 is 4.74 Å². The lowest BCUT2D eigenvalue weighted by Gasteiger charge is -2.21. The molecule has 0 saturated heterocycles. The molecule has 0 fully saturated rings. The van der Waals surface area contributed by atoms with Gasteiger partial charge in [-0.3, -0.25) is 4.79 Å². The molecule has 0 aliphatic rings. The third-order valence-corrected chi connectivity index (χ3v) is 3.86. The molecule has 0 N–H and O–H groups in total. The van der Waals surface area contributed by atoms with E-state index in [9.17, 15) is 4.79 Å². The zero-order valence-electron chi connectivity index (χ0n) is 10.7. The molecule has 94 valence electrons. The topological polar surface area (TPSA) is 26.3 Å². The average Bonchev–Trinajstić information content (AvgIpc) is 2.37. The third kappa shape index (κ3) is 2.23. The molecular formula is C15H16O2S. The summed E-state index contributed by atoms with van der Waals surface area (Å²) in [5, 5.41) is 2.06. The largest absolute Gasteiger partial charge is 0.497 e. The quantitative estimate of drug-likeness (QED) is 0.854. The molecular weight excluding hydrogens is 244 g/mol. The van der Waals surface area contributed by atoms with Crippen LogP contribution in [0.5, 0.6) is 5.75 Å². The first-order valence-corrected chi connectivity index (χ1v) is 6.21. The van der Waals surface area contributed by atoms with Crippen molar-refractivity contribution in [2.24, 2.45) is 0 Å². The van der Waals surface area contributed by atoms with Crippen LogP contribution in [0, 0.1) is 0 Å². The Labute approximate surface area is 112 Å². The Balaban J connectivity index is 2.55. The molecule has 0 amide bonds. The number of rotatable bonds is 3. The van der Waals surface area contributed by atoms with Gasteiger partial charge in [0, 0.05) is 0 Å². The zero-order chi connectivity index (χ0) is 13.3. The Bertz CT molecular complexity index is 602. The van der Waals surface area contributed by atoms with E-state index in [-0.39, 0.29) is 5.12 Å². The first-order valence-electron chi connectivity index (χ1n) is 5.77. The lowest BCUT2D eigenvalue weighted by molar-refractivity contribution is -0.114. The van der Waals surface area contributed by atoms with Crippen molar-refractivity contribution in [1.29, 1.82) is 0 Å². The maximum absolute atomic E-state index is 11.5. The van der Waals surface area contributed by atoms with Crippen molar-refractivity contribution in [3.63, 3.8) is 0 Å². The molecule has 2 aromatic carbocycles. The summed E-state index contributed by atoms with van der Waals surface area (Å²) < 4.78 is 5.19. The van der Waals surface area contributed by atoms with Crippen LogP contribution in [0.4, 0.5) is 0 Å². The van der Waals surface area contributed by atoms with E-state index >= 15 is 0 Å². The number of benzene rings is 2. The Morgan fingerprint density at radius 3 is 2.33 bits per heavy atom. The maximum atomic E-state index is 11.5. The summed E-state index contributed by atoms with van der Waals surface area (Å²) in [6.45, 7) is 3.76. The highest BCUT2D eigenvalue weighted by molar-refractivity contribution is 7.96. The Hall–Kier alpha value is -1.48. The van der Waals surface area contributed by atoms with Crippen LogP contribution in [0.2, 0.25) is 0 Å². The Kier molecular flexibility index (Phi) is 3.35. The van der Waals surface area contributed by atoms with Crippen molar-refractivity contribution in [2.75, 3.05) is 7.11 Å². The smallest absolute Gasteiger partial charge is 0.195 e. The van der Waals surface area contributed by atoms with Gasteiger partial charge in [0.15, 0.2) is 5.12 Å². The second kappa shape index (κ2) is 4.65. The molecule has 0 aliphatic heterocycles. The van der Waals surface area contributed by atoms with Crippen LogP contribution in [0.1, 0.15) is 19.4 Å². The van der Waals surface area contributed by atoms with E-state index < -0.39 is 5.41 Å². The molecule has 0 heterocycles. The molecule has 0 spiro atoms. The Morgan fingerprint density at radius 2 is 1.72 bits per heavy atom. The molecule has 0 aliphatic carbocycles. The molecule has 2 aromatic rings. The molecule has 0 bridgehead atoms. The van der Waals surface area contributed by atoms with Gasteiger partial charge in [-0.1, -0.05) is 24.3 Å². The highest BCUT2D eigenvalue weighted by Gasteiger charge is 2.27. The highest BCUT2D eigenvalue weighted by Crippen LogP contribution is 2.30. The summed E-state index contributed by atoms with van der Waals surface area (Å²) in [5.74, 6) is 0.833. The van der Waals surface area contributed by atoms with E-state index in [1.807, 2.05) is 50.2 Å². The summed E-state index contributed by atoms with van der Waals surface area (Å²) in [4.78, 5) is 11.5. The van der Waals surface area contributed by atoms with Crippen LogP contribution in [-0.4, -0.2) is 12.2 Å². The summed E-state index contributed by atoms with van der Waals surface area (Å²) in [5.41, 5.74) is 0.400. The normalized spacial score (nSPS) is 11.6. The van der Waals surface area contributed by atoms with Gasteiger partial charge in [0.05, 0.1) is 12.5 Å². The number of ether oxygens (including phenoxy) is 1. The molecule has 0 unspecified atom stereocenters. The zero-order valence-corrected chi connectivity index (χ0v) is 11.6. The molecule has 2 nitrogen and oxygen atoms in total. The summed E-state index contributed by atoms with van der Waals surface area (Å²) in [6, 6.07) is 11.9. The predicted octanol–water partition coefficient (Wildman–Crippen LogP) is 3.58. The number of methoxy groups -OCH3 is 1. The van der Waals surface area contributed by atoms with Gasteiger partial charge in [-0.15, -0.1) is 12.6 Å². The van der Waals surface area contributed by atoms with Crippen LogP contribution >= 0.6 is 12.6 Å². The first-order chi connectivity index (χ1) is 8.45. The van der Waals surface area contributed by atoms with Gasteiger partial charge >= 0.3 is 0 Å². The lowest BCUT2D eigenvalue weighted by Crippen LogP contribution is -2.24. The standard InChI is InChI=1S/C15H16O2S/c1-15(2,14(16)18)12-6-4-11-9-13(17-3)7-5-10(11)8-12/h4-9H,1-3H3,(H,16,18). The van der Waals surface area contributed by atoms with Crippen molar-refractivity contribution in [3.05, 3.63) is 42.0 Å². The van der Waals surface area contributed by atoms with Crippen molar-refractivity contribution in [1.82, 2.24) is 0 Å². The fourth-order valence-electron chi connectivity index (χ4n) is 1.86. The maximum Gasteiger partial charge on any atom is 0.195 e. The Morgan fingerprint density at radius 1 is 1.11 bits per heavy atom. The second-order valence-electron chi connectivity index (χ2n) is 4.86. The second-order valence-corrected chi connectivity index (χ2v) is 5.26. The number of carbonyl (C=O) groups excluding carboxylic acids is 1. The van der Waals surface area contributed by atoms with Gasteiger partial charge in [0.2, 0.25) is 0 Å². The molecule has 2 rings (SSSR count).